The largest absolute Gasteiger partial charge is 0.508 e. The van der Waals surface area contributed by atoms with Gasteiger partial charge in [0, 0.05) is 34.8 Å². The van der Waals surface area contributed by atoms with Crippen LogP contribution in [0.1, 0.15) is 69.9 Å². The Kier molecular flexibility index (Phi) is 7.04. The van der Waals surface area contributed by atoms with Crippen molar-refractivity contribution in [3.05, 3.63) is 100 Å². The van der Waals surface area contributed by atoms with Gasteiger partial charge in [-0.1, -0.05) is 18.2 Å². The Bertz CT molecular complexity index is 1710. The number of aliphatic imine (C=N–C) groups is 1. The van der Waals surface area contributed by atoms with Crippen molar-refractivity contribution in [3.8, 4) is 5.75 Å². The number of aromatic nitrogens is 2. The number of phenols is 1. The van der Waals surface area contributed by atoms with E-state index in [1.54, 1.807) is 78.3 Å². The molecule has 0 bridgehead atoms. The number of carbonyl (C=O) groups is 3. The minimum Gasteiger partial charge on any atom is -0.508 e. The van der Waals surface area contributed by atoms with Crippen LogP contribution >= 0.6 is 0 Å². The minimum absolute atomic E-state index is 0.137. The Hall–Kier alpha value is -5.05. The van der Waals surface area contributed by atoms with Crippen LogP contribution in [0.25, 0.3) is 0 Å². The maximum Gasteiger partial charge on any atom is 0.273 e. The van der Waals surface area contributed by atoms with Crippen molar-refractivity contribution in [3.63, 3.8) is 0 Å². The fourth-order valence-corrected chi connectivity index (χ4v) is 4.65. The zero-order chi connectivity index (χ0) is 29.5. The first-order valence-corrected chi connectivity index (χ1v) is 13.2. The van der Waals surface area contributed by atoms with Crippen molar-refractivity contribution in [2.45, 2.75) is 46.1 Å². The number of benzene rings is 3. The average Bonchev–Trinajstić information content (AvgIpc) is 3.48. The van der Waals surface area contributed by atoms with Gasteiger partial charge in [-0.05, 0) is 88.2 Å². The molecule has 1 aliphatic rings. The summed E-state index contributed by atoms with van der Waals surface area (Å²) in [5.74, 6) is -1.22. The predicted octanol–water partition coefficient (Wildman–Crippen LogP) is 5.88. The van der Waals surface area contributed by atoms with E-state index >= 15 is 0 Å². The molecule has 0 spiro atoms. The lowest BCUT2D eigenvalue weighted by atomic mass is 9.97. The van der Waals surface area contributed by atoms with E-state index in [1.807, 2.05) is 27.7 Å². The van der Waals surface area contributed by atoms with Crippen LogP contribution < -0.4 is 10.6 Å². The van der Waals surface area contributed by atoms with Gasteiger partial charge in [0.25, 0.3) is 5.91 Å². The number of nitrogens with one attached hydrogen (secondary N) is 2. The first-order chi connectivity index (χ1) is 19.4. The van der Waals surface area contributed by atoms with Crippen LogP contribution in [0.15, 0.2) is 71.7 Å². The lowest BCUT2D eigenvalue weighted by Crippen LogP contribution is -2.29. The molecule has 5 rings (SSSR count). The van der Waals surface area contributed by atoms with Crippen LogP contribution in [0.3, 0.4) is 0 Å². The van der Waals surface area contributed by atoms with E-state index in [9.17, 15) is 19.5 Å². The molecule has 1 atom stereocenters. The molecule has 9 nitrogen and oxygen atoms in total. The average molecular weight is 550 g/mol. The zero-order valence-electron chi connectivity index (χ0n) is 23.5. The van der Waals surface area contributed by atoms with Crippen molar-refractivity contribution < 1.29 is 19.5 Å². The lowest BCUT2D eigenvalue weighted by molar-refractivity contribution is -0.115. The van der Waals surface area contributed by atoms with Crippen LogP contribution in [-0.2, 0) is 10.3 Å². The van der Waals surface area contributed by atoms with Crippen LogP contribution in [-0.4, -0.2) is 38.7 Å². The number of hydrogen-bond acceptors (Lipinski definition) is 6. The van der Waals surface area contributed by atoms with Crippen LogP contribution in [0, 0.1) is 13.8 Å². The normalized spacial score (nSPS) is 14.7. The molecule has 2 amide bonds. The molecule has 1 aliphatic heterocycles. The third-order valence-electron chi connectivity index (χ3n) is 6.86. The summed E-state index contributed by atoms with van der Waals surface area (Å²) in [6.45, 7) is 9.57. The fraction of sp³-hybridized carbons (Fsp3) is 0.219. The van der Waals surface area contributed by atoms with Crippen LogP contribution in [0.2, 0.25) is 0 Å². The van der Waals surface area contributed by atoms with Gasteiger partial charge in [-0.3, -0.25) is 24.1 Å². The number of rotatable bonds is 6. The maximum atomic E-state index is 13.2. The SMILES string of the molecule is Cc1cc(C(=O)Nc2ccc(C(=O)c3ccc4c(c3)NC(=O)C4C=Nc3ccc(C)c(O)c3)cc2)n(C(C)(C)C)n1. The molecule has 0 aliphatic carbocycles. The smallest absolute Gasteiger partial charge is 0.273 e. The predicted molar refractivity (Wildman–Crippen MR) is 159 cm³/mol. The lowest BCUT2D eigenvalue weighted by Gasteiger charge is -2.22. The molecule has 2 heterocycles. The van der Waals surface area contributed by atoms with Crippen molar-refractivity contribution in [2.24, 2.45) is 4.99 Å². The number of aryl methyl sites for hydroxylation is 2. The summed E-state index contributed by atoms with van der Waals surface area (Å²) in [5, 5.41) is 20.1. The highest BCUT2D eigenvalue weighted by atomic mass is 16.3. The molecule has 0 fully saturated rings. The molecule has 9 heteroatoms. The van der Waals surface area contributed by atoms with Gasteiger partial charge in [0.2, 0.25) is 5.91 Å². The summed E-state index contributed by atoms with van der Waals surface area (Å²) in [4.78, 5) is 43.2. The second-order valence-electron chi connectivity index (χ2n) is 11.1. The highest BCUT2D eigenvalue weighted by molar-refractivity contribution is 6.15. The molecule has 3 aromatic carbocycles. The van der Waals surface area contributed by atoms with Gasteiger partial charge in [0.1, 0.15) is 17.4 Å². The Morgan fingerprint density at radius 1 is 1.00 bits per heavy atom. The number of ketones is 1. The molecular formula is C32H31N5O4. The van der Waals surface area contributed by atoms with Crippen molar-refractivity contribution in [2.75, 3.05) is 10.6 Å². The summed E-state index contributed by atoms with van der Waals surface area (Å²) in [7, 11) is 0. The molecule has 3 N–H and O–H groups in total. The Morgan fingerprint density at radius 2 is 1.71 bits per heavy atom. The summed E-state index contributed by atoms with van der Waals surface area (Å²) in [6, 6.07) is 18.6. The number of nitrogens with zero attached hydrogens (tertiary/aromatic N) is 3. The molecule has 1 aromatic heterocycles. The molecule has 0 saturated carbocycles. The standard InChI is InChI=1S/C32H31N5O4/c1-18-6-10-23(16-28(18)38)33-17-25-24-13-9-21(15-26(24)35-30(25)40)29(39)20-7-11-22(12-8-20)34-31(41)27-14-19(2)36-37(27)32(3,4)5/h6-17,25,38H,1-5H3,(H,34,41)(H,35,40). The molecule has 1 unspecified atom stereocenters. The van der Waals surface area contributed by atoms with Gasteiger partial charge in [-0.25, -0.2) is 0 Å². The maximum absolute atomic E-state index is 13.2. The quantitative estimate of drug-likeness (QED) is 0.205. The Balaban J connectivity index is 1.30. The van der Waals surface area contributed by atoms with E-state index in [1.165, 1.54) is 6.21 Å². The summed E-state index contributed by atoms with van der Waals surface area (Å²) in [6.07, 6.45) is 1.54. The van der Waals surface area contributed by atoms with Crippen molar-refractivity contribution >= 4 is 40.9 Å². The third-order valence-corrected chi connectivity index (χ3v) is 6.86. The number of hydrogen-bond donors (Lipinski definition) is 3. The van der Waals surface area contributed by atoms with Gasteiger partial charge in [0.05, 0.1) is 16.9 Å². The zero-order valence-corrected chi connectivity index (χ0v) is 23.5. The molecule has 0 radical (unpaired) electrons. The molecule has 208 valence electrons. The number of phenolic OH excluding ortho intramolecular Hbond substituents is 1. The first-order valence-electron chi connectivity index (χ1n) is 13.2. The van der Waals surface area contributed by atoms with E-state index in [-0.39, 0.29) is 28.9 Å². The molecule has 4 aromatic rings. The highest BCUT2D eigenvalue weighted by Gasteiger charge is 2.30. The topological polar surface area (TPSA) is 126 Å². The van der Waals surface area contributed by atoms with Gasteiger partial charge in [-0.2, -0.15) is 5.10 Å². The molecule has 41 heavy (non-hydrogen) atoms. The van der Waals surface area contributed by atoms with Crippen LogP contribution in [0.4, 0.5) is 17.1 Å². The summed E-state index contributed by atoms with van der Waals surface area (Å²) < 4.78 is 1.70. The fourth-order valence-electron chi connectivity index (χ4n) is 4.65. The molecular weight excluding hydrogens is 518 g/mol. The van der Waals surface area contributed by atoms with E-state index in [2.05, 4.69) is 20.7 Å². The monoisotopic (exact) mass is 549 g/mol. The van der Waals surface area contributed by atoms with Crippen LogP contribution in [0.5, 0.6) is 5.75 Å². The Morgan fingerprint density at radius 3 is 2.39 bits per heavy atom. The van der Waals surface area contributed by atoms with E-state index in [4.69, 9.17) is 0 Å². The van der Waals surface area contributed by atoms with E-state index in [0.29, 0.717) is 33.9 Å². The van der Waals surface area contributed by atoms with Crippen molar-refractivity contribution in [1.29, 1.82) is 0 Å². The van der Waals surface area contributed by atoms with Crippen molar-refractivity contribution in [1.82, 2.24) is 9.78 Å². The second-order valence-corrected chi connectivity index (χ2v) is 11.1. The number of aromatic hydroxyl groups is 1. The number of carbonyl (C=O) groups excluding carboxylic acids is 3. The number of amides is 2. The Labute approximate surface area is 237 Å². The van der Waals surface area contributed by atoms with Gasteiger partial charge < -0.3 is 15.7 Å². The minimum atomic E-state index is -0.612. The summed E-state index contributed by atoms with van der Waals surface area (Å²) in [5.41, 5.74) is 4.82. The van der Waals surface area contributed by atoms with Gasteiger partial charge in [-0.15, -0.1) is 0 Å². The highest BCUT2D eigenvalue weighted by Crippen LogP contribution is 2.34. The van der Waals surface area contributed by atoms with Gasteiger partial charge in [0.15, 0.2) is 5.78 Å². The van der Waals surface area contributed by atoms with E-state index < -0.39 is 5.92 Å². The molecule has 0 saturated heterocycles. The summed E-state index contributed by atoms with van der Waals surface area (Å²) >= 11 is 0. The van der Waals surface area contributed by atoms with Gasteiger partial charge >= 0.3 is 0 Å². The van der Waals surface area contributed by atoms with E-state index in [0.717, 1.165) is 16.8 Å². The number of fused-ring (bicyclic) bond motifs is 1. The second kappa shape index (κ2) is 10.5. The first kappa shape index (κ1) is 27.5. The number of anilines is 2. The third kappa shape index (κ3) is 5.65.